The minimum Gasteiger partial charge on any atom is -0.423 e. The van der Waals surface area contributed by atoms with E-state index >= 15 is 0 Å². The molecule has 1 fully saturated rings. The summed E-state index contributed by atoms with van der Waals surface area (Å²) in [7, 11) is 2.13. The van der Waals surface area contributed by atoms with Crippen LogP contribution in [0.2, 0.25) is 0 Å². The number of fused-ring (bicyclic) bond motifs is 1. The Morgan fingerprint density at radius 3 is 2.79 bits per heavy atom. The molecule has 0 bridgehead atoms. The Hall–Kier alpha value is -2.06. The maximum absolute atomic E-state index is 8.85. The summed E-state index contributed by atoms with van der Waals surface area (Å²) in [5.74, 6) is 0. The lowest BCUT2D eigenvalue weighted by atomic mass is 10.3. The zero-order valence-corrected chi connectivity index (χ0v) is 11.0. The molecule has 0 saturated carbocycles. The van der Waals surface area contributed by atoms with Crippen molar-refractivity contribution in [1.29, 1.82) is 5.26 Å². The molecule has 19 heavy (non-hydrogen) atoms. The molecule has 0 amide bonds. The Morgan fingerprint density at radius 1 is 1.37 bits per heavy atom. The molecule has 0 N–H and O–H groups in total. The standard InChI is InChI=1S/C14H17N4O/c1-18(9-6-15)10-7-17(8-11-18)14-16-12-4-2-3-5-13(12)19-14/h2-5H,7-11H2,1H3/q+1. The van der Waals surface area contributed by atoms with Gasteiger partial charge in [-0.25, -0.2) is 0 Å². The number of quaternary nitrogens is 1. The molecule has 5 nitrogen and oxygen atoms in total. The first-order valence-corrected chi connectivity index (χ1v) is 6.51. The first-order chi connectivity index (χ1) is 9.20. The summed E-state index contributed by atoms with van der Waals surface area (Å²) in [6.45, 7) is 4.23. The molecule has 0 unspecified atom stereocenters. The topological polar surface area (TPSA) is 53.1 Å². The summed E-state index contributed by atoms with van der Waals surface area (Å²) in [5.41, 5.74) is 1.73. The summed E-state index contributed by atoms with van der Waals surface area (Å²) >= 11 is 0. The van der Waals surface area contributed by atoms with Gasteiger partial charge in [0.25, 0.3) is 6.01 Å². The Bertz CT molecular complexity index is 587. The Kier molecular flexibility index (Phi) is 2.88. The fourth-order valence-electron chi connectivity index (χ4n) is 2.46. The van der Waals surface area contributed by atoms with Crippen molar-refractivity contribution in [1.82, 2.24) is 4.98 Å². The summed E-state index contributed by atoms with van der Waals surface area (Å²) in [4.78, 5) is 6.68. The molecule has 0 atom stereocenters. The number of aromatic nitrogens is 1. The number of hydrogen-bond donors (Lipinski definition) is 0. The van der Waals surface area contributed by atoms with Gasteiger partial charge in [-0.1, -0.05) is 12.1 Å². The zero-order valence-electron chi connectivity index (χ0n) is 11.0. The third kappa shape index (κ3) is 2.27. The van der Waals surface area contributed by atoms with Gasteiger partial charge < -0.3 is 13.8 Å². The maximum Gasteiger partial charge on any atom is 0.298 e. The second-order valence-corrected chi connectivity index (χ2v) is 5.33. The van der Waals surface area contributed by atoms with E-state index in [9.17, 15) is 0 Å². The monoisotopic (exact) mass is 257 g/mol. The van der Waals surface area contributed by atoms with E-state index in [4.69, 9.17) is 9.68 Å². The minimum absolute atomic E-state index is 0.571. The number of anilines is 1. The fourth-order valence-corrected chi connectivity index (χ4v) is 2.46. The smallest absolute Gasteiger partial charge is 0.298 e. The van der Waals surface area contributed by atoms with Crippen molar-refractivity contribution in [2.45, 2.75) is 0 Å². The highest BCUT2D eigenvalue weighted by atomic mass is 16.4. The molecule has 1 aliphatic heterocycles. The van der Waals surface area contributed by atoms with Crippen molar-refractivity contribution >= 4 is 17.1 Å². The number of nitrogens with zero attached hydrogens (tertiary/aromatic N) is 4. The highest BCUT2D eigenvalue weighted by Gasteiger charge is 2.30. The Balaban J connectivity index is 1.76. The quantitative estimate of drug-likeness (QED) is 0.606. The summed E-state index contributed by atoms with van der Waals surface area (Å²) in [5, 5.41) is 8.85. The van der Waals surface area contributed by atoms with Crippen LogP contribution in [0, 0.1) is 11.3 Å². The van der Waals surface area contributed by atoms with Crippen LogP contribution in [0.3, 0.4) is 0 Å². The number of para-hydroxylation sites is 2. The van der Waals surface area contributed by atoms with Crippen LogP contribution in [0.25, 0.3) is 11.1 Å². The van der Waals surface area contributed by atoms with E-state index in [0.29, 0.717) is 12.6 Å². The average molecular weight is 257 g/mol. The number of hydrogen-bond acceptors (Lipinski definition) is 4. The van der Waals surface area contributed by atoms with Crippen molar-refractivity contribution in [3.63, 3.8) is 0 Å². The molecular weight excluding hydrogens is 240 g/mol. The highest BCUT2D eigenvalue weighted by Crippen LogP contribution is 2.23. The maximum atomic E-state index is 8.85. The van der Waals surface area contributed by atoms with Gasteiger partial charge in [0, 0.05) is 0 Å². The first kappa shape index (κ1) is 12.0. The molecule has 1 aliphatic rings. The van der Waals surface area contributed by atoms with Crippen LogP contribution >= 0.6 is 0 Å². The molecule has 1 aromatic carbocycles. The molecule has 1 saturated heterocycles. The van der Waals surface area contributed by atoms with Crippen LogP contribution in [-0.4, -0.2) is 49.2 Å². The third-order valence-electron chi connectivity index (χ3n) is 3.83. The third-order valence-corrected chi connectivity index (χ3v) is 3.83. The van der Waals surface area contributed by atoms with E-state index in [2.05, 4.69) is 23.0 Å². The predicted octanol–water partition coefficient (Wildman–Crippen LogP) is 1.62. The van der Waals surface area contributed by atoms with E-state index in [1.165, 1.54) is 0 Å². The fraction of sp³-hybridized carbons (Fsp3) is 0.429. The summed E-state index contributed by atoms with van der Waals surface area (Å²) < 4.78 is 6.59. The van der Waals surface area contributed by atoms with Gasteiger partial charge in [-0.05, 0) is 12.1 Å². The molecule has 0 aliphatic carbocycles. The molecule has 0 spiro atoms. The Labute approximate surface area is 112 Å². The number of rotatable bonds is 2. The summed E-state index contributed by atoms with van der Waals surface area (Å²) in [6.07, 6.45) is 0. The van der Waals surface area contributed by atoms with Gasteiger partial charge in [0.1, 0.15) is 11.6 Å². The van der Waals surface area contributed by atoms with E-state index in [1.54, 1.807) is 0 Å². The molecule has 3 rings (SSSR count). The van der Waals surface area contributed by atoms with Crippen molar-refractivity contribution in [2.24, 2.45) is 0 Å². The number of benzene rings is 1. The van der Waals surface area contributed by atoms with Gasteiger partial charge in [0.15, 0.2) is 12.1 Å². The van der Waals surface area contributed by atoms with Crippen molar-refractivity contribution < 1.29 is 8.90 Å². The molecule has 1 aromatic heterocycles. The lowest BCUT2D eigenvalue weighted by Gasteiger charge is -2.39. The first-order valence-electron chi connectivity index (χ1n) is 6.51. The van der Waals surface area contributed by atoms with Gasteiger partial charge in [-0.15, -0.1) is 0 Å². The second kappa shape index (κ2) is 4.56. The number of oxazole rings is 1. The Morgan fingerprint density at radius 2 is 2.11 bits per heavy atom. The van der Waals surface area contributed by atoms with E-state index in [-0.39, 0.29) is 0 Å². The van der Waals surface area contributed by atoms with Gasteiger partial charge in [-0.3, -0.25) is 0 Å². The van der Waals surface area contributed by atoms with E-state index < -0.39 is 0 Å². The SMILES string of the molecule is C[N+]1(CC#N)CCN(c2nc3ccccc3o2)CC1. The number of nitriles is 1. The molecule has 2 aromatic rings. The molecular formula is C14H17N4O+. The summed E-state index contributed by atoms with van der Waals surface area (Å²) in [6, 6.07) is 10.8. The van der Waals surface area contributed by atoms with Crippen LogP contribution in [0.1, 0.15) is 0 Å². The predicted molar refractivity (Wildman–Crippen MR) is 72.6 cm³/mol. The number of likely N-dealkylation sites (N-methyl/N-ethyl adjacent to an activating group) is 1. The molecule has 98 valence electrons. The van der Waals surface area contributed by atoms with Crippen LogP contribution in [0.5, 0.6) is 0 Å². The van der Waals surface area contributed by atoms with E-state index in [1.807, 2.05) is 24.3 Å². The van der Waals surface area contributed by atoms with Gasteiger partial charge >= 0.3 is 0 Å². The van der Waals surface area contributed by atoms with Crippen LogP contribution in [0.15, 0.2) is 28.7 Å². The lowest BCUT2D eigenvalue weighted by Crippen LogP contribution is -2.57. The highest BCUT2D eigenvalue weighted by molar-refractivity contribution is 5.74. The lowest BCUT2D eigenvalue weighted by molar-refractivity contribution is -0.903. The van der Waals surface area contributed by atoms with Crippen LogP contribution < -0.4 is 4.90 Å². The molecule has 2 heterocycles. The van der Waals surface area contributed by atoms with Crippen molar-refractivity contribution in [2.75, 3.05) is 44.7 Å². The molecule has 5 heteroatoms. The normalized spacial score (nSPS) is 18.4. The number of piperazine rings is 1. The van der Waals surface area contributed by atoms with Crippen LogP contribution in [0.4, 0.5) is 6.01 Å². The van der Waals surface area contributed by atoms with Crippen molar-refractivity contribution in [3.05, 3.63) is 24.3 Å². The van der Waals surface area contributed by atoms with E-state index in [0.717, 1.165) is 41.8 Å². The van der Waals surface area contributed by atoms with Crippen molar-refractivity contribution in [3.8, 4) is 6.07 Å². The molecule has 0 radical (unpaired) electrons. The second-order valence-electron chi connectivity index (χ2n) is 5.33. The van der Waals surface area contributed by atoms with Gasteiger partial charge in [-0.2, -0.15) is 10.2 Å². The van der Waals surface area contributed by atoms with Gasteiger partial charge in [0.05, 0.1) is 33.2 Å². The van der Waals surface area contributed by atoms with Gasteiger partial charge in [0.2, 0.25) is 0 Å². The average Bonchev–Trinajstić information content (AvgIpc) is 2.83. The minimum atomic E-state index is 0.571. The largest absolute Gasteiger partial charge is 0.423 e. The van der Waals surface area contributed by atoms with Crippen LogP contribution in [-0.2, 0) is 0 Å². The zero-order chi connectivity index (χ0) is 13.3.